The van der Waals surface area contributed by atoms with Crippen molar-refractivity contribution in [2.24, 2.45) is 5.92 Å². The molecule has 0 unspecified atom stereocenters. The van der Waals surface area contributed by atoms with Crippen molar-refractivity contribution in [1.82, 2.24) is 10.2 Å². The molecule has 0 radical (unpaired) electrons. The Morgan fingerprint density at radius 3 is 2.37 bits per heavy atom. The van der Waals surface area contributed by atoms with Gasteiger partial charge in [-0.05, 0) is 43.5 Å². The van der Waals surface area contributed by atoms with Crippen molar-refractivity contribution in [2.45, 2.75) is 38.8 Å². The van der Waals surface area contributed by atoms with E-state index in [0.717, 1.165) is 12.8 Å². The van der Waals surface area contributed by atoms with Gasteiger partial charge in [0.25, 0.3) is 5.91 Å². The molecule has 0 saturated carbocycles. The van der Waals surface area contributed by atoms with E-state index in [2.05, 4.69) is 6.92 Å². The molecule has 1 aliphatic heterocycles. The van der Waals surface area contributed by atoms with Gasteiger partial charge < -0.3 is 15.0 Å². The van der Waals surface area contributed by atoms with Gasteiger partial charge in [-0.2, -0.15) is 13.2 Å². The lowest BCUT2D eigenvalue weighted by atomic mass is 9.95. The van der Waals surface area contributed by atoms with E-state index in [1.165, 1.54) is 0 Å². The lowest BCUT2D eigenvalue weighted by Gasteiger charge is -2.31. The van der Waals surface area contributed by atoms with Crippen LogP contribution in [-0.4, -0.2) is 49.1 Å². The first-order chi connectivity index (χ1) is 12.8. The van der Waals surface area contributed by atoms with E-state index in [1.54, 1.807) is 29.2 Å². The third kappa shape index (κ3) is 6.77. The van der Waals surface area contributed by atoms with Crippen LogP contribution in [0.15, 0.2) is 24.3 Å². The SMILES string of the molecule is CCCCOc1ccc(C(=O)N2CCC(C(=O)NCC(F)(F)F)CC2)cc1. The molecule has 0 bridgehead atoms. The van der Waals surface area contributed by atoms with E-state index >= 15 is 0 Å². The lowest BCUT2D eigenvalue weighted by molar-refractivity contribution is -0.141. The first-order valence-corrected chi connectivity index (χ1v) is 9.16. The van der Waals surface area contributed by atoms with Gasteiger partial charge in [0, 0.05) is 24.6 Å². The van der Waals surface area contributed by atoms with Crippen LogP contribution in [0.3, 0.4) is 0 Å². The average Bonchev–Trinajstić information content (AvgIpc) is 2.66. The fourth-order valence-corrected chi connectivity index (χ4v) is 2.89. The molecular formula is C19H25F3N2O3. The molecule has 1 fully saturated rings. The number of benzene rings is 1. The number of carbonyl (C=O) groups is 2. The number of amides is 2. The zero-order valence-corrected chi connectivity index (χ0v) is 15.3. The Labute approximate surface area is 156 Å². The van der Waals surface area contributed by atoms with Crippen LogP contribution in [0, 0.1) is 5.92 Å². The summed E-state index contributed by atoms with van der Waals surface area (Å²) < 4.78 is 42.1. The number of nitrogens with zero attached hydrogens (tertiary/aromatic N) is 1. The maximum atomic E-state index is 12.5. The molecule has 1 aliphatic rings. The Morgan fingerprint density at radius 2 is 1.81 bits per heavy atom. The molecule has 2 amide bonds. The standard InChI is InChI=1S/C19H25F3N2O3/c1-2-3-12-27-16-6-4-15(5-7-16)18(26)24-10-8-14(9-11-24)17(25)23-13-19(20,21)22/h4-7,14H,2-3,8-13H2,1H3,(H,23,25). The zero-order valence-electron chi connectivity index (χ0n) is 15.3. The van der Waals surface area contributed by atoms with Crippen molar-refractivity contribution >= 4 is 11.8 Å². The molecule has 1 N–H and O–H groups in total. The van der Waals surface area contributed by atoms with E-state index in [9.17, 15) is 22.8 Å². The fraction of sp³-hybridized carbons (Fsp3) is 0.579. The first-order valence-electron chi connectivity index (χ1n) is 9.16. The second kappa shape index (κ2) is 9.62. The summed E-state index contributed by atoms with van der Waals surface area (Å²) >= 11 is 0. The number of nitrogens with one attached hydrogen (secondary N) is 1. The molecule has 27 heavy (non-hydrogen) atoms. The third-order valence-corrected chi connectivity index (χ3v) is 4.48. The van der Waals surface area contributed by atoms with Gasteiger partial charge in [0.15, 0.2) is 0 Å². The number of unbranched alkanes of at least 4 members (excludes halogenated alkanes) is 1. The molecule has 0 aliphatic carbocycles. The molecule has 2 rings (SSSR count). The van der Waals surface area contributed by atoms with Crippen molar-refractivity contribution < 1.29 is 27.5 Å². The Bertz CT molecular complexity index is 624. The van der Waals surface area contributed by atoms with E-state index in [4.69, 9.17) is 4.74 Å². The van der Waals surface area contributed by atoms with Crippen LogP contribution in [-0.2, 0) is 4.79 Å². The highest BCUT2D eigenvalue weighted by molar-refractivity contribution is 5.94. The molecule has 8 heteroatoms. The summed E-state index contributed by atoms with van der Waals surface area (Å²) in [6.07, 6.45) is -1.70. The van der Waals surface area contributed by atoms with Crippen molar-refractivity contribution in [2.75, 3.05) is 26.2 Å². The molecule has 0 atom stereocenters. The van der Waals surface area contributed by atoms with Crippen molar-refractivity contribution in [3.05, 3.63) is 29.8 Å². The highest BCUT2D eigenvalue weighted by atomic mass is 19.4. The van der Waals surface area contributed by atoms with Gasteiger partial charge in [-0.25, -0.2) is 0 Å². The third-order valence-electron chi connectivity index (χ3n) is 4.48. The largest absolute Gasteiger partial charge is 0.494 e. The normalized spacial score (nSPS) is 15.5. The molecule has 1 heterocycles. The minimum absolute atomic E-state index is 0.149. The monoisotopic (exact) mass is 386 g/mol. The van der Waals surface area contributed by atoms with Crippen LogP contribution in [0.2, 0.25) is 0 Å². The summed E-state index contributed by atoms with van der Waals surface area (Å²) in [7, 11) is 0. The number of likely N-dealkylation sites (tertiary alicyclic amines) is 1. The maximum Gasteiger partial charge on any atom is 0.405 e. The van der Waals surface area contributed by atoms with Gasteiger partial charge in [-0.15, -0.1) is 0 Å². The summed E-state index contributed by atoms with van der Waals surface area (Å²) in [6, 6.07) is 6.90. The number of alkyl halides is 3. The van der Waals surface area contributed by atoms with Crippen LogP contribution in [0.5, 0.6) is 5.75 Å². The van der Waals surface area contributed by atoms with Crippen LogP contribution in [0.1, 0.15) is 43.0 Å². The molecule has 5 nitrogen and oxygen atoms in total. The summed E-state index contributed by atoms with van der Waals surface area (Å²) in [4.78, 5) is 26.0. The molecule has 1 aromatic rings. The number of rotatable bonds is 7. The number of piperidine rings is 1. The molecular weight excluding hydrogens is 361 g/mol. The van der Waals surface area contributed by atoms with Gasteiger partial charge in [-0.3, -0.25) is 9.59 Å². The van der Waals surface area contributed by atoms with E-state index < -0.39 is 24.5 Å². The fourth-order valence-electron chi connectivity index (χ4n) is 2.89. The Morgan fingerprint density at radius 1 is 1.19 bits per heavy atom. The smallest absolute Gasteiger partial charge is 0.405 e. The van der Waals surface area contributed by atoms with Crippen LogP contribution in [0.4, 0.5) is 13.2 Å². The van der Waals surface area contributed by atoms with Crippen molar-refractivity contribution in [3.8, 4) is 5.75 Å². The van der Waals surface area contributed by atoms with Gasteiger partial charge in [-0.1, -0.05) is 13.3 Å². The van der Waals surface area contributed by atoms with Crippen molar-refractivity contribution in [1.29, 1.82) is 0 Å². The second-order valence-corrected chi connectivity index (χ2v) is 6.63. The van der Waals surface area contributed by atoms with Crippen molar-refractivity contribution in [3.63, 3.8) is 0 Å². The molecule has 1 aromatic carbocycles. The minimum atomic E-state index is -4.42. The average molecular weight is 386 g/mol. The summed E-state index contributed by atoms with van der Waals surface area (Å²) in [5, 5.41) is 1.91. The molecule has 0 spiro atoms. The Balaban J connectivity index is 1.81. The first kappa shape index (κ1) is 21.1. The topological polar surface area (TPSA) is 58.6 Å². The van der Waals surface area contributed by atoms with E-state index in [0.29, 0.717) is 43.9 Å². The highest BCUT2D eigenvalue weighted by Crippen LogP contribution is 2.21. The summed E-state index contributed by atoms with van der Waals surface area (Å²) in [5.74, 6) is -0.539. The second-order valence-electron chi connectivity index (χ2n) is 6.63. The Hall–Kier alpha value is -2.25. The number of hydrogen-bond acceptors (Lipinski definition) is 3. The van der Waals surface area contributed by atoms with Gasteiger partial charge in [0.05, 0.1) is 6.61 Å². The van der Waals surface area contributed by atoms with Crippen LogP contribution < -0.4 is 10.1 Å². The summed E-state index contributed by atoms with van der Waals surface area (Å²) in [5.41, 5.74) is 0.526. The number of ether oxygens (including phenoxy) is 1. The highest BCUT2D eigenvalue weighted by Gasteiger charge is 2.32. The number of hydrogen-bond donors (Lipinski definition) is 1. The predicted octanol–water partition coefficient (Wildman–Crippen LogP) is 3.40. The van der Waals surface area contributed by atoms with E-state index in [-0.39, 0.29) is 5.91 Å². The molecule has 150 valence electrons. The zero-order chi connectivity index (χ0) is 19.9. The molecule has 1 saturated heterocycles. The number of carbonyl (C=O) groups excluding carboxylic acids is 2. The summed E-state index contributed by atoms with van der Waals surface area (Å²) in [6.45, 7) is 2.08. The van der Waals surface area contributed by atoms with Crippen LogP contribution in [0.25, 0.3) is 0 Å². The van der Waals surface area contributed by atoms with E-state index in [1.807, 2.05) is 5.32 Å². The Kier molecular flexibility index (Phi) is 7.50. The lowest BCUT2D eigenvalue weighted by Crippen LogP contribution is -2.44. The predicted molar refractivity (Wildman–Crippen MR) is 94.5 cm³/mol. The van der Waals surface area contributed by atoms with Crippen LogP contribution >= 0.6 is 0 Å². The maximum absolute atomic E-state index is 12.5. The number of halogens is 3. The van der Waals surface area contributed by atoms with Gasteiger partial charge >= 0.3 is 6.18 Å². The van der Waals surface area contributed by atoms with Gasteiger partial charge in [0.2, 0.25) is 5.91 Å². The van der Waals surface area contributed by atoms with Gasteiger partial charge in [0.1, 0.15) is 12.3 Å². The molecule has 0 aromatic heterocycles. The quantitative estimate of drug-likeness (QED) is 0.731. The minimum Gasteiger partial charge on any atom is -0.494 e.